The van der Waals surface area contributed by atoms with Crippen LogP contribution in [0.15, 0.2) is 5.38 Å². The van der Waals surface area contributed by atoms with E-state index in [-0.39, 0.29) is 29.9 Å². The Balaban J connectivity index is 1.35. The molecule has 29 heavy (non-hydrogen) atoms. The van der Waals surface area contributed by atoms with E-state index in [4.69, 9.17) is 0 Å². The van der Waals surface area contributed by atoms with Gasteiger partial charge in [-0.3, -0.25) is 19.4 Å². The maximum absolute atomic E-state index is 12.8. The highest BCUT2D eigenvalue weighted by molar-refractivity contribution is 7.03. The Morgan fingerprint density at radius 2 is 2.03 bits per heavy atom. The molecule has 0 aliphatic carbocycles. The minimum Gasteiger partial charge on any atom is -0.353 e. The summed E-state index contributed by atoms with van der Waals surface area (Å²) in [6.45, 7) is 5.65. The summed E-state index contributed by atoms with van der Waals surface area (Å²) in [5.74, 6) is 0.332. The lowest BCUT2D eigenvalue weighted by atomic mass is 10.0. The van der Waals surface area contributed by atoms with Crippen LogP contribution in [-0.4, -0.2) is 112 Å². The van der Waals surface area contributed by atoms with Gasteiger partial charge in [-0.15, -0.1) is 5.10 Å². The van der Waals surface area contributed by atoms with Crippen LogP contribution < -0.4 is 5.32 Å². The maximum atomic E-state index is 12.8. The summed E-state index contributed by atoms with van der Waals surface area (Å²) in [6.07, 6.45) is 2.27. The average Bonchev–Trinajstić information content (AvgIpc) is 3.35. The van der Waals surface area contributed by atoms with Crippen LogP contribution in [0.3, 0.4) is 0 Å². The maximum Gasteiger partial charge on any atom is 0.239 e. The molecule has 4 heterocycles. The molecule has 0 radical (unpaired) electrons. The number of aromatic nitrogens is 2. The monoisotopic (exact) mass is 421 g/mol. The van der Waals surface area contributed by atoms with Gasteiger partial charge in [0.2, 0.25) is 11.8 Å². The molecule has 9 nitrogen and oxygen atoms in total. The average molecular weight is 422 g/mol. The standard InChI is InChI=1S/C19H31N7O2S/c1-23-7-9-25(10-8-23)17(27)4-3-15-11-20-19(28)18-16(24(15)2)5-6-26(18)12-14-13-29-22-21-14/h13,15-16,18H,3-12H2,1-2H3,(H,20,28). The first-order chi connectivity index (χ1) is 14.0. The predicted molar refractivity (Wildman–Crippen MR) is 110 cm³/mol. The van der Waals surface area contributed by atoms with Gasteiger partial charge in [-0.2, -0.15) is 0 Å². The Morgan fingerprint density at radius 3 is 2.76 bits per heavy atom. The number of carbonyl (C=O) groups excluding carboxylic acids is 2. The van der Waals surface area contributed by atoms with Gasteiger partial charge in [0.05, 0.1) is 5.69 Å². The molecule has 3 unspecified atom stereocenters. The van der Waals surface area contributed by atoms with Gasteiger partial charge in [-0.25, -0.2) is 0 Å². The Morgan fingerprint density at radius 1 is 1.24 bits per heavy atom. The number of likely N-dealkylation sites (N-methyl/N-ethyl adjacent to an activating group) is 2. The third-order valence-electron chi connectivity index (χ3n) is 6.67. The largest absolute Gasteiger partial charge is 0.353 e. The number of rotatable bonds is 5. The number of hydrogen-bond acceptors (Lipinski definition) is 8. The van der Waals surface area contributed by atoms with E-state index < -0.39 is 0 Å². The zero-order valence-corrected chi connectivity index (χ0v) is 18.1. The van der Waals surface area contributed by atoms with Crippen LogP contribution in [0.5, 0.6) is 0 Å². The lowest BCUT2D eigenvalue weighted by Crippen LogP contribution is -2.50. The first-order valence-corrected chi connectivity index (χ1v) is 11.3. The van der Waals surface area contributed by atoms with Crippen LogP contribution in [0.2, 0.25) is 0 Å². The fraction of sp³-hybridized carbons (Fsp3) is 0.789. The molecule has 3 aliphatic heterocycles. The second-order valence-corrected chi connectivity index (χ2v) is 9.06. The van der Waals surface area contributed by atoms with Gasteiger partial charge in [0, 0.05) is 69.7 Å². The third kappa shape index (κ3) is 4.60. The van der Waals surface area contributed by atoms with Gasteiger partial charge in [-0.05, 0) is 38.5 Å². The number of hydrogen-bond donors (Lipinski definition) is 1. The molecule has 1 N–H and O–H groups in total. The molecular weight excluding hydrogens is 390 g/mol. The third-order valence-corrected chi connectivity index (χ3v) is 7.22. The molecule has 0 spiro atoms. The molecule has 3 saturated heterocycles. The highest BCUT2D eigenvalue weighted by Gasteiger charge is 2.45. The Kier molecular flexibility index (Phi) is 6.43. The highest BCUT2D eigenvalue weighted by atomic mass is 32.1. The summed E-state index contributed by atoms with van der Waals surface area (Å²) in [5, 5.41) is 9.20. The molecule has 1 aromatic heterocycles. The summed E-state index contributed by atoms with van der Waals surface area (Å²) in [5.41, 5.74) is 0.921. The van der Waals surface area contributed by atoms with E-state index in [9.17, 15) is 9.59 Å². The molecule has 3 atom stereocenters. The molecule has 1 aromatic rings. The summed E-state index contributed by atoms with van der Waals surface area (Å²) in [6, 6.07) is 0.194. The quantitative estimate of drug-likeness (QED) is 0.684. The van der Waals surface area contributed by atoms with Gasteiger partial charge in [0.15, 0.2) is 0 Å². The molecule has 4 rings (SSSR count). The molecule has 0 bridgehead atoms. The summed E-state index contributed by atoms with van der Waals surface area (Å²) >= 11 is 1.34. The van der Waals surface area contributed by atoms with Crippen molar-refractivity contribution in [3.8, 4) is 0 Å². The van der Waals surface area contributed by atoms with Crippen molar-refractivity contribution < 1.29 is 9.59 Å². The number of nitrogens with zero attached hydrogens (tertiary/aromatic N) is 6. The fourth-order valence-corrected chi connectivity index (χ4v) is 5.23. The Bertz CT molecular complexity index is 707. The molecule has 3 aliphatic rings. The molecule has 10 heteroatoms. The predicted octanol–water partition coefficient (Wildman–Crippen LogP) is -0.535. The van der Waals surface area contributed by atoms with Crippen molar-refractivity contribution in [2.45, 2.75) is 43.9 Å². The van der Waals surface area contributed by atoms with Crippen molar-refractivity contribution in [3.05, 3.63) is 11.1 Å². The first-order valence-electron chi connectivity index (χ1n) is 10.5. The van der Waals surface area contributed by atoms with E-state index in [1.165, 1.54) is 11.5 Å². The van der Waals surface area contributed by atoms with Gasteiger partial charge in [0.25, 0.3) is 0 Å². The van der Waals surface area contributed by atoms with Crippen LogP contribution in [0, 0.1) is 0 Å². The van der Waals surface area contributed by atoms with E-state index in [1.807, 2.05) is 10.3 Å². The van der Waals surface area contributed by atoms with Crippen molar-refractivity contribution in [2.75, 3.05) is 53.4 Å². The number of likely N-dealkylation sites (tertiary alicyclic amines) is 1. The van der Waals surface area contributed by atoms with Crippen LogP contribution in [0.1, 0.15) is 25.0 Å². The van der Waals surface area contributed by atoms with Crippen LogP contribution in [-0.2, 0) is 16.1 Å². The smallest absolute Gasteiger partial charge is 0.239 e. The SMILES string of the molecule is CN1CCN(C(=O)CCC2CNC(=O)C3C(CCN3Cc3csnn3)N2C)CC1. The number of amides is 2. The molecule has 2 amide bonds. The van der Waals surface area contributed by atoms with Crippen molar-refractivity contribution in [2.24, 2.45) is 0 Å². The zero-order chi connectivity index (χ0) is 20.4. The molecule has 0 saturated carbocycles. The number of carbonyl (C=O) groups is 2. The summed E-state index contributed by atoms with van der Waals surface area (Å²) in [7, 11) is 4.20. The Labute approximate surface area is 176 Å². The molecule has 0 aromatic carbocycles. The van der Waals surface area contributed by atoms with E-state index >= 15 is 0 Å². The lowest BCUT2D eigenvalue weighted by molar-refractivity contribution is -0.133. The molecule has 3 fully saturated rings. The van der Waals surface area contributed by atoms with E-state index in [0.29, 0.717) is 19.5 Å². The Hall–Kier alpha value is -1.62. The van der Waals surface area contributed by atoms with Gasteiger partial charge >= 0.3 is 0 Å². The number of piperazine rings is 1. The van der Waals surface area contributed by atoms with E-state index in [2.05, 4.69) is 43.7 Å². The number of nitrogens with one attached hydrogen (secondary N) is 1. The van der Waals surface area contributed by atoms with Crippen LogP contribution >= 0.6 is 11.5 Å². The van der Waals surface area contributed by atoms with Crippen molar-refractivity contribution >= 4 is 23.3 Å². The van der Waals surface area contributed by atoms with Crippen molar-refractivity contribution in [1.82, 2.24) is 34.5 Å². The number of fused-ring (bicyclic) bond motifs is 1. The van der Waals surface area contributed by atoms with E-state index in [0.717, 1.165) is 51.3 Å². The topological polar surface area (TPSA) is 84.9 Å². The van der Waals surface area contributed by atoms with E-state index in [1.54, 1.807) is 0 Å². The van der Waals surface area contributed by atoms with Gasteiger partial charge in [-0.1, -0.05) is 4.49 Å². The minimum atomic E-state index is -0.167. The van der Waals surface area contributed by atoms with Crippen LogP contribution in [0.4, 0.5) is 0 Å². The fourth-order valence-electron chi connectivity index (χ4n) is 4.79. The van der Waals surface area contributed by atoms with Crippen molar-refractivity contribution in [3.63, 3.8) is 0 Å². The highest BCUT2D eigenvalue weighted by Crippen LogP contribution is 2.28. The van der Waals surface area contributed by atoms with Crippen molar-refractivity contribution in [1.29, 1.82) is 0 Å². The first kappa shape index (κ1) is 20.6. The minimum absolute atomic E-state index is 0.0930. The summed E-state index contributed by atoms with van der Waals surface area (Å²) < 4.78 is 3.93. The normalized spacial score (nSPS) is 29.5. The second-order valence-electron chi connectivity index (χ2n) is 8.45. The second kappa shape index (κ2) is 9.03. The van der Waals surface area contributed by atoms with Gasteiger partial charge < -0.3 is 15.1 Å². The molecular formula is C19H31N7O2S. The lowest BCUT2D eigenvalue weighted by Gasteiger charge is -2.34. The zero-order valence-electron chi connectivity index (χ0n) is 17.3. The molecule has 160 valence electrons. The summed E-state index contributed by atoms with van der Waals surface area (Å²) in [4.78, 5) is 34.3. The van der Waals surface area contributed by atoms with Crippen LogP contribution in [0.25, 0.3) is 0 Å². The van der Waals surface area contributed by atoms with Gasteiger partial charge in [0.1, 0.15) is 6.04 Å².